The van der Waals surface area contributed by atoms with Crippen molar-refractivity contribution >= 4 is 39.9 Å². The average Bonchev–Trinajstić information content (AvgIpc) is 2.79. The largest absolute Gasteiger partial charge is 0.396 e. The van der Waals surface area contributed by atoms with Crippen molar-refractivity contribution in [2.45, 2.75) is 32.0 Å². The van der Waals surface area contributed by atoms with E-state index in [0.29, 0.717) is 29.0 Å². The number of thioether (sulfide) groups is 1. The smallest absolute Gasteiger partial charge is 0.262 e. The number of nitrogens with zero attached hydrogens (tertiary/aromatic N) is 3. The molecule has 0 saturated carbocycles. The quantitative estimate of drug-likeness (QED) is 0.371. The highest BCUT2D eigenvalue weighted by atomic mass is 32.2. The summed E-state index contributed by atoms with van der Waals surface area (Å²) < 4.78 is 1.54. The second-order valence-electron chi connectivity index (χ2n) is 7.00. The summed E-state index contributed by atoms with van der Waals surface area (Å²) in [4.78, 5) is 32.2. The van der Waals surface area contributed by atoms with Crippen LogP contribution in [-0.4, -0.2) is 46.0 Å². The van der Waals surface area contributed by atoms with Crippen LogP contribution in [0.2, 0.25) is 0 Å². The molecule has 0 aliphatic heterocycles. The van der Waals surface area contributed by atoms with E-state index in [-0.39, 0.29) is 23.8 Å². The number of hydrogen-bond donors (Lipinski definition) is 2. The van der Waals surface area contributed by atoms with Gasteiger partial charge in [-0.2, -0.15) is 0 Å². The number of nitrogens with one attached hydrogen (secondary N) is 1. The Hall–Kier alpha value is -2.84. The number of aromatic nitrogens is 2. The molecule has 3 aromatic rings. The van der Waals surface area contributed by atoms with E-state index in [0.717, 1.165) is 24.5 Å². The lowest BCUT2D eigenvalue weighted by atomic mass is 10.2. The number of aliphatic hydroxyl groups is 1. The number of aliphatic hydroxyl groups excluding tert-OH is 1. The summed E-state index contributed by atoms with van der Waals surface area (Å²) in [6.07, 6.45) is 0.443. The Balaban J connectivity index is 1.71. The number of benzene rings is 2. The van der Waals surface area contributed by atoms with E-state index >= 15 is 0 Å². The maximum absolute atomic E-state index is 12.9. The van der Waals surface area contributed by atoms with Crippen LogP contribution in [0.3, 0.4) is 0 Å². The van der Waals surface area contributed by atoms with Gasteiger partial charge in [0.2, 0.25) is 5.91 Å². The van der Waals surface area contributed by atoms with Crippen LogP contribution in [0.4, 0.5) is 11.4 Å². The Labute approximate surface area is 186 Å². The summed E-state index contributed by atoms with van der Waals surface area (Å²) in [5, 5.41) is 13.1. The molecule has 1 heterocycles. The highest BCUT2D eigenvalue weighted by molar-refractivity contribution is 7.99. The summed E-state index contributed by atoms with van der Waals surface area (Å²) in [7, 11) is 0. The number of carbonyl (C=O) groups is 1. The van der Waals surface area contributed by atoms with Gasteiger partial charge < -0.3 is 15.3 Å². The topological polar surface area (TPSA) is 87.5 Å². The van der Waals surface area contributed by atoms with E-state index < -0.39 is 0 Å². The molecule has 8 heteroatoms. The molecule has 1 aromatic heterocycles. The zero-order chi connectivity index (χ0) is 22.2. The number of rotatable bonds is 10. The van der Waals surface area contributed by atoms with E-state index in [1.807, 2.05) is 30.3 Å². The summed E-state index contributed by atoms with van der Waals surface area (Å²) in [6, 6.07) is 14.9. The molecular weight excluding hydrogens is 412 g/mol. The van der Waals surface area contributed by atoms with Gasteiger partial charge in [0.25, 0.3) is 5.56 Å². The molecule has 0 radical (unpaired) electrons. The number of hydrogen-bond acceptors (Lipinski definition) is 6. The highest BCUT2D eigenvalue weighted by Gasteiger charge is 2.13. The standard InChI is InChI=1S/C23H28N4O3S/c1-3-26(4-2)18-12-10-17(11-13-18)24-21(29)16-31-23-25-20-9-6-5-8-19(20)22(30)27(23)14-7-15-28/h5-6,8-13,28H,3-4,7,14-16H2,1-2H3,(H,24,29). The molecule has 7 nitrogen and oxygen atoms in total. The van der Waals surface area contributed by atoms with Crippen molar-refractivity contribution in [2.24, 2.45) is 0 Å². The molecule has 1 amide bonds. The normalized spacial score (nSPS) is 10.9. The van der Waals surface area contributed by atoms with Gasteiger partial charge in [-0.05, 0) is 56.7 Å². The van der Waals surface area contributed by atoms with Crippen LogP contribution >= 0.6 is 11.8 Å². The third kappa shape index (κ3) is 5.65. The van der Waals surface area contributed by atoms with Gasteiger partial charge in [0.15, 0.2) is 5.16 Å². The van der Waals surface area contributed by atoms with Crippen LogP contribution in [0, 0.1) is 0 Å². The second-order valence-corrected chi connectivity index (χ2v) is 7.94. The minimum Gasteiger partial charge on any atom is -0.396 e. The first-order valence-electron chi connectivity index (χ1n) is 10.5. The Morgan fingerprint density at radius 3 is 2.52 bits per heavy atom. The third-order valence-electron chi connectivity index (χ3n) is 4.98. The predicted molar refractivity (Wildman–Crippen MR) is 127 cm³/mol. The lowest BCUT2D eigenvalue weighted by Crippen LogP contribution is -2.25. The molecule has 2 N–H and O–H groups in total. The van der Waals surface area contributed by atoms with Gasteiger partial charge in [0.05, 0.1) is 16.7 Å². The molecule has 0 unspecified atom stereocenters. The summed E-state index contributed by atoms with van der Waals surface area (Å²) >= 11 is 1.22. The van der Waals surface area contributed by atoms with Gasteiger partial charge in [-0.3, -0.25) is 14.2 Å². The molecule has 3 rings (SSSR count). The van der Waals surface area contributed by atoms with E-state index in [2.05, 4.69) is 29.0 Å². The first-order valence-corrected chi connectivity index (χ1v) is 11.4. The summed E-state index contributed by atoms with van der Waals surface area (Å²) in [5.74, 6) is -0.0430. The van der Waals surface area contributed by atoms with Crippen LogP contribution in [0.15, 0.2) is 58.5 Å². The summed E-state index contributed by atoms with van der Waals surface area (Å²) in [6.45, 7) is 6.40. The van der Waals surface area contributed by atoms with Gasteiger partial charge >= 0.3 is 0 Å². The molecule has 0 spiro atoms. The first-order chi connectivity index (χ1) is 15.1. The fourth-order valence-corrected chi connectivity index (χ4v) is 4.18. The van der Waals surface area contributed by atoms with E-state index in [1.54, 1.807) is 18.2 Å². The molecule has 0 saturated heterocycles. The van der Waals surface area contributed by atoms with Crippen LogP contribution in [0.25, 0.3) is 10.9 Å². The average molecular weight is 441 g/mol. The van der Waals surface area contributed by atoms with Gasteiger partial charge in [-0.25, -0.2) is 4.98 Å². The molecule has 164 valence electrons. The Morgan fingerprint density at radius 2 is 1.84 bits per heavy atom. The van der Waals surface area contributed by atoms with Crippen molar-refractivity contribution in [3.05, 3.63) is 58.9 Å². The number of para-hydroxylation sites is 1. The Kier molecular flexibility index (Phi) is 8.08. The fourth-order valence-electron chi connectivity index (χ4n) is 3.36. The van der Waals surface area contributed by atoms with Crippen LogP contribution in [0.5, 0.6) is 0 Å². The van der Waals surface area contributed by atoms with Crippen LogP contribution in [-0.2, 0) is 11.3 Å². The van der Waals surface area contributed by atoms with Crippen molar-refractivity contribution in [1.29, 1.82) is 0 Å². The minimum atomic E-state index is -0.170. The third-order valence-corrected chi connectivity index (χ3v) is 5.95. The van der Waals surface area contributed by atoms with E-state index in [9.17, 15) is 14.7 Å². The number of fused-ring (bicyclic) bond motifs is 1. The molecule has 31 heavy (non-hydrogen) atoms. The molecule has 0 atom stereocenters. The lowest BCUT2D eigenvalue weighted by molar-refractivity contribution is -0.113. The summed E-state index contributed by atoms with van der Waals surface area (Å²) in [5.41, 5.74) is 2.29. The number of carbonyl (C=O) groups excluding carboxylic acids is 1. The van der Waals surface area contributed by atoms with Crippen LogP contribution in [0.1, 0.15) is 20.3 Å². The van der Waals surface area contributed by atoms with Gasteiger partial charge in [0, 0.05) is 37.6 Å². The molecular formula is C23H28N4O3S. The van der Waals surface area contributed by atoms with Crippen molar-refractivity contribution in [3.8, 4) is 0 Å². The van der Waals surface area contributed by atoms with Gasteiger partial charge in [-0.1, -0.05) is 23.9 Å². The van der Waals surface area contributed by atoms with Gasteiger partial charge in [-0.15, -0.1) is 0 Å². The zero-order valence-corrected chi connectivity index (χ0v) is 18.7. The molecule has 0 bridgehead atoms. The minimum absolute atomic E-state index is 0.0205. The van der Waals surface area contributed by atoms with E-state index in [4.69, 9.17) is 0 Å². The SMILES string of the molecule is CCN(CC)c1ccc(NC(=O)CSc2nc3ccccc3c(=O)n2CCCO)cc1. The van der Waals surface area contributed by atoms with Crippen LogP contribution < -0.4 is 15.8 Å². The van der Waals surface area contributed by atoms with E-state index in [1.165, 1.54) is 16.3 Å². The first kappa shape index (κ1) is 22.8. The fraction of sp³-hybridized carbons (Fsp3) is 0.348. The van der Waals surface area contributed by atoms with Gasteiger partial charge in [0.1, 0.15) is 0 Å². The zero-order valence-electron chi connectivity index (χ0n) is 17.9. The number of amides is 1. The van der Waals surface area contributed by atoms with Crippen molar-refractivity contribution < 1.29 is 9.90 Å². The lowest BCUT2D eigenvalue weighted by Gasteiger charge is -2.21. The maximum Gasteiger partial charge on any atom is 0.262 e. The Bertz CT molecular complexity index is 1080. The molecule has 0 fully saturated rings. The molecule has 0 aliphatic rings. The highest BCUT2D eigenvalue weighted by Crippen LogP contribution is 2.20. The monoisotopic (exact) mass is 440 g/mol. The molecule has 2 aromatic carbocycles. The molecule has 0 aliphatic carbocycles. The van der Waals surface area contributed by atoms with Crippen molar-refractivity contribution in [3.63, 3.8) is 0 Å². The van der Waals surface area contributed by atoms with Crippen molar-refractivity contribution in [1.82, 2.24) is 9.55 Å². The Morgan fingerprint density at radius 1 is 1.13 bits per heavy atom. The van der Waals surface area contributed by atoms with Crippen molar-refractivity contribution in [2.75, 3.05) is 35.7 Å². The predicted octanol–water partition coefficient (Wildman–Crippen LogP) is 3.36. The maximum atomic E-state index is 12.9. The second kappa shape index (κ2) is 11.0. The number of anilines is 2.